The SMILES string of the molecule is O=C(O)CC(O)(CC(=O)OC(=O)C(O)(CC(=O)OC(=O)[C@H](O)[C@@H](O)[C@H](O)[C@H](O)CO)CC(=O)OC(=O)[C@H](O)[C@@H](O)[C@H](O)[C@H](O)CO)C(=O)O. The van der Waals surface area contributed by atoms with E-state index in [4.69, 9.17) is 20.4 Å². The van der Waals surface area contributed by atoms with Crippen molar-refractivity contribution in [2.45, 2.75) is 85.7 Å². The molecule has 9 atom stereocenters. The molecule has 0 saturated heterocycles. The third kappa shape index (κ3) is 13.4. The van der Waals surface area contributed by atoms with Gasteiger partial charge in [-0.2, -0.15) is 0 Å². The van der Waals surface area contributed by atoms with Gasteiger partial charge in [0.2, 0.25) is 0 Å². The Hall–Kier alpha value is -4.12. The zero-order chi connectivity index (χ0) is 38.6. The maximum atomic E-state index is 12.7. The number of hydrogen-bond acceptors (Lipinski definition) is 23. The van der Waals surface area contributed by atoms with Gasteiger partial charge in [0.15, 0.2) is 23.4 Å². The van der Waals surface area contributed by atoms with E-state index in [-0.39, 0.29) is 0 Å². The van der Waals surface area contributed by atoms with Crippen LogP contribution in [0.2, 0.25) is 0 Å². The molecule has 0 aliphatic rings. The third-order valence-electron chi connectivity index (χ3n) is 6.16. The number of carbonyl (C=O) groups is 8. The molecule has 0 aliphatic carbocycles. The van der Waals surface area contributed by atoms with Crippen LogP contribution in [-0.2, 0) is 52.6 Å². The minimum atomic E-state index is -3.83. The molecule has 0 aromatic carbocycles. The van der Waals surface area contributed by atoms with Gasteiger partial charge in [0, 0.05) is 0 Å². The van der Waals surface area contributed by atoms with E-state index in [9.17, 15) is 89.4 Å². The van der Waals surface area contributed by atoms with Gasteiger partial charge in [0.05, 0.1) is 38.9 Å². The summed E-state index contributed by atoms with van der Waals surface area (Å²) < 4.78 is 12.2. The molecule has 25 heteroatoms. The number of rotatable bonds is 20. The minimum absolute atomic E-state index is 1.20. The first-order valence-corrected chi connectivity index (χ1v) is 13.2. The van der Waals surface area contributed by atoms with Gasteiger partial charge in [-0.15, -0.1) is 0 Å². The van der Waals surface area contributed by atoms with Crippen molar-refractivity contribution in [1.29, 1.82) is 0 Å². The Morgan fingerprint density at radius 1 is 0.490 bits per heavy atom. The van der Waals surface area contributed by atoms with Crippen molar-refractivity contribution >= 4 is 47.8 Å². The summed E-state index contributed by atoms with van der Waals surface area (Å²) in [6.45, 7) is -2.40. The lowest BCUT2D eigenvalue weighted by molar-refractivity contribution is -0.191. The summed E-state index contributed by atoms with van der Waals surface area (Å²) in [7, 11) is 0. The third-order valence-corrected chi connectivity index (χ3v) is 6.16. The summed E-state index contributed by atoms with van der Waals surface area (Å²) in [6.07, 6.45) is -27.7. The molecule has 0 saturated carbocycles. The van der Waals surface area contributed by atoms with Gasteiger partial charge in [-0.3, -0.25) is 19.2 Å². The van der Waals surface area contributed by atoms with E-state index in [1.807, 2.05) is 0 Å². The Kier molecular flexibility index (Phi) is 17.6. The van der Waals surface area contributed by atoms with Crippen molar-refractivity contribution in [2.75, 3.05) is 13.2 Å². The zero-order valence-electron chi connectivity index (χ0n) is 24.6. The molecule has 280 valence electrons. The second-order valence-corrected chi connectivity index (χ2v) is 10.2. The van der Waals surface area contributed by atoms with Crippen molar-refractivity contribution in [3.63, 3.8) is 0 Å². The Morgan fingerprint density at radius 3 is 1.12 bits per heavy atom. The summed E-state index contributed by atoms with van der Waals surface area (Å²) in [5.41, 5.74) is -7.26. The highest BCUT2D eigenvalue weighted by Crippen LogP contribution is 2.23. The Labute approximate surface area is 271 Å². The first-order chi connectivity index (χ1) is 22.4. The van der Waals surface area contributed by atoms with Gasteiger partial charge >= 0.3 is 47.8 Å². The van der Waals surface area contributed by atoms with Gasteiger partial charge in [-0.05, 0) is 0 Å². The van der Waals surface area contributed by atoms with Crippen LogP contribution >= 0.6 is 0 Å². The number of ether oxygens (including phenoxy) is 3. The smallest absolute Gasteiger partial charge is 0.346 e. The van der Waals surface area contributed by atoms with Crippen LogP contribution in [0.1, 0.15) is 25.7 Å². The van der Waals surface area contributed by atoms with E-state index in [0.29, 0.717) is 0 Å². The summed E-state index contributed by atoms with van der Waals surface area (Å²) in [4.78, 5) is 95.9. The van der Waals surface area contributed by atoms with Crippen LogP contribution in [0.5, 0.6) is 0 Å². The highest BCUT2D eigenvalue weighted by atomic mass is 16.6. The molecule has 1 unspecified atom stereocenters. The van der Waals surface area contributed by atoms with Gasteiger partial charge in [0.1, 0.15) is 36.6 Å². The molecule has 0 rings (SSSR count). The summed E-state index contributed by atoms with van der Waals surface area (Å²) >= 11 is 0. The van der Waals surface area contributed by atoms with Crippen LogP contribution in [0.4, 0.5) is 0 Å². The first kappa shape index (κ1) is 44.9. The molecule has 49 heavy (non-hydrogen) atoms. The van der Waals surface area contributed by atoms with E-state index in [1.165, 1.54) is 0 Å². The molecule has 0 aromatic heterocycles. The van der Waals surface area contributed by atoms with Crippen molar-refractivity contribution in [2.24, 2.45) is 0 Å². The number of hydrogen-bond donors (Lipinski definition) is 14. The van der Waals surface area contributed by atoms with Gasteiger partial charge in [0.25, 0.3) is 0 Å². The molecule has 0 spiro atoms. The van der Waals surface area contributed by atoms with Crippen molar-refractivity contribution < 1.29 is 124 Å². The summed E-state index contributed by atoms with van der Waals surface area (Å²) in [5.74, 6) is -17.5. The van der Waals surface area contributed by atoms with Crippen molar-refractivity contribution in [1.82, 2.24) is 0 Å². The molecule has 0 amide bonds. The van der Waals surface area contributed by atoms with E-state index in [1.54, 1.807) is 0 Å². The normalized spacial score (nSPS) is 17.8. The number of aliphatic carboxylic acids is 2. The number of esters is 6. The largest absolute Gasteiger partial charge is 0.481 e. The molecular formula is C24H34O25. The van der Waals surface area contributed by atoms with E-state index in [0.717, 1.165) is 0 Å². The predicted octanol–water partition coefficient (Wildman–Crippen LogP) is -9.74. The number of aliphatic hydroxyl groups is 12. The van der Waals surface area contributed by atoms with Crippen LogP contribution < -0.4 is 0 Å². The quantitative estimate of drug-likeness (QED) is 0.0315. The summed E-state index contributed by atoms with van der Waals surface area (Å²) in [5, 5.41) is 133. The lowest BCUT2D eigenvalue weighted by Gasteiger charge is -2.26. The van der Waals surface area contributed by atoms with Crippen LogP contribution in [0.3, 0.4) is 0 Å². The fourth-order valence-corrected chi connectivity index (χ4v) is 3.36. The molecule has 0 bridgehead atoms. The number of aliphatic hydroxyl groups excluding tert-OH is 10. The fraction of sp³-hybridized carbons (Fsp3) is 0.667. The van der Waals surface area contributed by atoms with Crippen molar-refractivity contribution in [3.05, 3.63) is 0 Å². The van der Waals surface area contributed by atoms with Crippen LogP contribution in [-0.4, -0.2) is 192 Å². The van der Waals surface area contributed by atoms with Gasteiger partial charge in [-0.25, -0.2) is 19.2 Å². The molecule has 14 N–H and O–H groups in total. The Bertz CT molecular complexity index is 1180. The fourth-order valence-electron chi connectivity index (χ4n) is 3.36. The molecule has 0 fully saturated rings. The highest BCUT2D eigenvalue weighted by Gasteiger charge is 2.48. The number of carbonyl (C=O) groups excluding carboxylic acids is 6. The lowest BCUT2D eigenvalue weighted by atomic mass is 9.94. The van der Waals surface area contributed by atoms with E-state index >= 15 is 0 Å². The minimum Gasteiger partial charge on any atom is -0.481 e. The maximum Gasteiger partial charge on any atom is 0.346 e. The molecular weight excluding hydrogens is 688 g/mol. The molecule has 0 radical (unpaired) electrons. The van der Waals surface area contributed by atoms with Crippen LogP contribution in [0, 0.1) is 0 Å². The van der Waals surface area contributed by atoms with Gasteiger partial charge < -0.3 is 85.7 Å². The highest BCUT2D eigenvalue weighted by molar-refractivity contribution is 5.99. The molecule has 0 aromatic rings. The van der Waals surface area contributed by atoms with E-state index in [2.05, 4.69) is 14.2 Å². The van der Waals surface area contributed by atoms with Crippen molar-refractivity contribution in [3.8, 4) is 0 Å². The zero-order valence-corrected chi connectivity index (χ0v) is 24.6. The van der Waals surface area contributed by atoms with Gasteiger partial charge in [-0.1, -0.05) is 0 Å². The summed E-state index contributed by atoms with van der Waals surface area (Å²) in [6, 6.07) is 0. The lowest BCUT2D eigenvalue weighted by Crippen LogP contribution is -2.51. The van der Waals surface area contributed by atoms with Crippen LogP contribution in [0.15, 0.2) is 0 Å². The predicted molar refractivity (Wildman–Crippen MR) is 139 cm³/mol. The second kappa shape index (κ2) is 19.2. The average Bonchev–Trinajstić information content (AvgIpc) is 3.00. The molecule has 0 heterocycles. The first-order valence-electron chi connectivity index (χ1n) is 13.2. The maximum absolute atomic E-state index is 12.7. The Balaban J connectivity index is 6.18. The topological polar surface area (TPSA) is 447 Å². The number of carboxylic acids is 2. The molecule has 25 nitrogen and oxygen atoms in total. The Morgan fingerprint density at radius 2 is 0.816 bits per heavy atom. The van der Waals surface area contributed by atoms with E-state index < -0.39 is 147 Å². The second-order valence-electron chi connectivity index (χ2n) is 10.2. The standard InChI is InChI=1S/C24H34O25/c25-5-7(27)13(34)15(36)17(38)19(40)47-10(31)3-24(46,22(44)49-12(33)2-23(45,21(42)43)1-9(29)30)4-11(32)48-20(41)18(39)16(37)14(35)8(28)6-26/h7-8,13-18,25-28,34-39,45-46H,1-6H2,(H,29,30)(H,42,43)/t7-,8-,13-,14-,15+,16+,17-,18-,23?/m1/s1. The monoisotopic (exact) mass is 722 g/mol. The number of carboxylic acid groups (broad SMARTS) is 2. The van der Waals surface area contributed by atoms with Crippen LogP contribution in [0.25, 0.3) is 0 Å². The molecule has 0 aliphatic heterocycles. The average molecular weight is 723 g/mol.